The molecule has 2 aromatic heterocycles. The molecule has 0 bridgehead atoms. The van der Waals surface area contributed by atoms with Crippen LogP contribution in [-0.2, 0) is 16.6 Å². The largest absolute Gasteiger partial charge is 0.421 e. The van der Waals surface area contributed by atoms with Gasteiger partial charge < -0.3 is 5.11 Å². The number of alkyl halides is 3. The molecule has 0 aliphatic rings. The van der Waals surface area contributed by atoms with Crippen molar-refractivity contribution in [2.24, 2.45) is 0 Å². The summed E-state index contributed by atoms with van der Waals surface area (Å²) in [5.74, 6) is 0. The standard InChI is InChI=1S/C28H29F3N2O2S3/c1-26(2,3)38(35)33-24(20-10-6-7-12-22(20)36-5)23-15-17-9-8-11-19(25(17)37-23)21-16-18(13-14-32-21)27(4,34)28(29,30)31/h6-16,24,33-34H,1-5H3. The SMILES string of the molecule is CSc1ccccc1C(NS(=O)C(C)(C)C)c1cc2cccc(-c3cc(C(C)(O)C(F)(F)F)ccn3)c2s1. The molecule has 202 valence electrons. The van der Waals surface area contributed by atoms with E-state index in [4.69, 9.17) is 0 Å². The lowest BCUT2D eigenvalue weighted by Crippen LogP contribution is -2.39. The third-order valence-corrected chi connectivity index (χ3v) is 9.85. The van der Waals surface area contributed by atoms with Gasteiger partial charge >= 0.3 is 6.18 Å². The molecule has 0 fully saturated rings. The number of thioether (sulfide) groups is 1. The lowest BCUT2D eigenvalue weighted by molar-refractivity contribution is -0.258. The highest BCUT2D eigenvalue weighted by atomic mass is 32.2. The Labute approximate surface area is 231 Å². The van der Waals surface area contributed by atoms with E-state index in [1.807, 2.05) is 75.6 Å². The Morgan fingerprint density at radius 1 is 1.03 bits per heavy atom. The zero-order chi connectivity index (χ0) is 27.9. The third-order valence-electron chi connectivity index (χ3n) is 6.23. The minimum absolute atomic E-state index is 0.280. The van der Waals surface area contributed by atoms with Gasteiger partial charge in [-0.25, -0.2) is 8.93 Å². The molecule has 0 saturated carbocycles. The van der Waals surface area contributed by atoms with Gasteiger partial charge in [0.1, 0.15) is 0 Å². The summed E-state index contributed by atoms with van der Waals surface area (Å²) in [6, 6.07) is 17.6. The van der Waals surface area contributed by atoms with Gasteiger partial charge in [-0.05, 0) is 74.7 Å². The molecule has 2 N–H and O–H groups in total. The molecule has 0 saturated heterocycles. The van der Waals surface area contributed by atoms with Crippen LogP contribution in [0.25, 0.3) is 21.3 Å². The van der Waals surface area contributed by atoms with Crippen LogP contribution in [0.1, 0.15) is 49.7 Å². The van der Waals surface area contributed by atoms with Crippen LogP contribution < -0.4 is 4.72 Å². The van der Waals surface area contributed by atoms with Gasteiger partial charge in [-0.2, -0.15) is 13.2 Å². The van der Waals surface area contributed by atoms with E-state index in [-0.39, 0.29) is 11.6 Å². The summed E-state index contributed by atoms with van der Waals surface area (Å²) >= 11 is 3.09. The number of rotatable bonds is 7. The van der Waals surface area contributed by atoms with Gasteiger partial charge in [0.2, 0.25) is 0 Å². The number of hydrogen-bond donors (Lipinski definition) is 2. The molecule has 38 heavy (non-hydrogen) atoms. The lowest BCUT2D eigenvalue weighted by Gasteiger charge is -2.26. The third kappa shape index (κ3) is 5.70. The average molecular weight is 579 g/mol. The van der Waals surface area contributed by atoms with Crippen LogP contribution in [-0.4, -0.2) is 31.5 Å². The quantitative estimate of drug-likeness (QED) is 0.222. The van der Waals surface area contributed by atoms with Crippen LogP contribution in [0.2, 0.25) is 0 Å². The molecule has 3 unspecified atom stereocenters. The number of aromatic nitrogens is 1. The summed E-state index contributed by atoms with van der Waals surface area (Å²) in [5, 5.41) is 11.1. The Hall–Kier alpha value is -2.24. The summed E-state index contributed by atoms with van der Waals surface area (Å²) in [6.07, 6.45) is -1.56. The van der Waals surface area contributed by atoms with Crippen molar-refractivity contribution in [2.75, 3.05) is 6.26 Å². The van der Waals surface area contributed by atoms with Crippen molar-refractivity contribution in [3.8, 4) is 11.3 Å². The minimum Gasteiger partial charge on any atom is -0.376 e. The Kier molecular flexibility index (Phi) is 8.12. The van der Waals surface area contributed by atoms with Crippen molar-refractivity contribution in [2.45, 2.75) is 55.2 Å². The molecule has 2 heterocycles. The van der Waals surface area contributed by atoms with Gasteiger partial charge in [0.15, 0.2) is 5.60 Å². The molecular formula is C28H29F3N2O2S3. The Bertz CT molecular complexity index is 1480. The Morgan fingerprint density at radius 3 is 2.39 bits per heavy atom. The number of benzene rings is 2. The molecule has 10 heteroatoms. The van der Waals surface area contributed by atoms with E-state index in [9.17, 15) is 22.5 Å². The maximum absolute atomic E-state index is 13.5. The predicted molar refractivity (Wildman–Crippen MR) is 152 cm³/mol. The molecule has 0 amide bonds. The van der Waals surface area contributed by atoms with Gasteiger partial charge in [0.25, 0.3) is 0 Å². The number of halogens is 3. The summed E-state index contributed by atoms with van der Waals surface area (Å²) in [4.78, 5) is 6.31. The highest BCUT2D eigenvalue weighted by molar-refractivity contribution is 7.98. The molecule has 0 aliphatic carbocycles. The molecule has 2 aromatic carbocycles. The van der Waals surface area contributed by atoms with Crippen LogP contribution in [0, 0.1) is 0 Å². The highest BCUT2D eigenvalue weighted by Gasteiger charge is 2.51. The Morgan fingerprint density at radius 2 is 1.74 bits per heavy atom. The first-order valence-electron chi connectivity index (χ1n) is 11.8. The van der Waals surface area contributed by atoms with Crippen LogP contribution >= 0.6 is 23.1 Å². The zero-order valence-corrected chi connectivity index (χ0v) is 24.0. The molecule has 3 atom stereocenters. The second-order valence-corrected chi connectivity index (χ2v) is 14.0. The first kappa shape index (κ1) is 28.8. The van der Waals surface area contributed by atoms with Crippen LogP contribution in [0.5, 0.6) is 0 Å². The van der Waals surface area contributed by atoms with Crippen LogP contribution in [0.15, 0.2) is 71.8 Å². The summed E-state index contributed by atoms with van der Waals surface area (Å²) in [5.41, 5.74) is -1.30. The number of pyridine rings is 1. The smallest absolute Gasteiger partial charge is 0.376 e. The Balaban J connectivity index is 1.86. The molecule has 0 radical (unpaired) electrons. The van der Waals surface area contributed by atoms with E-state index in [1.54, 1.807) is 11.8 Å². The fourth-order valence-electron chi connectivity index (χ4n) is 3.93. The highest BCUT2D eigenvalue weighted by Crippen LogP contribution is 2.42. The number of fused-ring (bicyclic) bond motifs is 1. The van der Waals surface area contributed by atoms with E-state index in [0.717, 1.165) is 32.3 Å². The lowest BCUT2D eigenvalue weighted by atomic mass is 9.94. The molecule has 0 aliphatic heterocycles. The second-order valence-electron chi connectivity index (χ2n) is 10.0. The summed E-state index contributed by atoms with van der Waals surface area (Å²) in [7, 11) is -1.36. The minimum atomic E-state index is -4.83. The van der Waals surface area contributed by atoms with Crippen molar-refractivity contribution in [3.05, 3.63) is 82.9 Å². The van der Waals surface area contributed by atoms with Gasteiger partial charge in [0.05, 0.1) is 27.5 Å². The number of nitrogens with zero attached hydrogens (tertiary/aromatic N) is 1. The number of nitrogens with one attached hydrogen (secondary N) is 1. The van der Waals surface area contributed by atoms with E-state index < -0.39 is 27.5 Å². The van der Waals surface area contributed by atoms with Crippen molar-refractivity contribution in [3.63, 3.8) is 0 Å². The van der Waals surface area contributed by atoms with Gasteiger partial charge in [-0.1, -0.05) is 36.4 Å². The van der Waals surface area contributed by atoms with Gasteiger partial charge in [-0.15, -0.1) is 23.1 Å². The van der Waals surface area contributed by atoms with Crippen LogP contribution in [0.3, 0.4) is 0 Å². The van der Waals surface area contributed by atoms with Gasteiger partial charge in [-0.3, -0.25) is 4.98 Å². The van der Waals surface area contributed by atoms with Crippen LogP contribution in [0.4, 0.5) is 13.2 Å². The summed E-state index contributed by atoms with van der Waals surface area (Å²) in [6.45, 7) is 6.46. The molecular weight excluding hydrogens is 550 g/mol. The first-order valence-corrected chi connectivity index (χ1v) is 15.0. The van der Waals surface area contributed by atoms with E-state index in [0.29, 0.717) is 11.3 Å². The average Bonchev–Trinajstić information content (AvgIpc) is 3.30. The van der Waals surface area contributed by atoms with E-state index in [1.165, 1.54) is 29.7 Å². The normalized spacial score (nSPS) is 15.8. The maximum Gasteiger partial charge on any atom is 0.421 e. The van der Waals surface area contributed by atoms with Crippen molar-refractivity contribution < 1.29 is 22.5 Å². The van der Waals surface area contributed by atoms with E-state index in [2.05, 4.69) is 9.71 Å². The number of hydrogen-bond acceptors (Lipinski definition) is 5. The second kappa shape index (κ2) is 10.7. The van der Waals surface area contributed by atoms with Crippen molar-refractivity contribution in [1.29, 1.82) is 0 Å². The first-order chi connectivity index (χ1) is 17.7. The topological polar surface area (TPSA) is 62.2 Å². The van der Waals surface area contributed by atoms with Gasteiger partial charge in [0, 0.05) is 26.2 Å². The number of aliphatic hydroxyl groups is 1. The molecule has 0 spiro atoms. The maximum atomic E-state index is 13.5. The molecule has 4 rings (SSSR count). The monoisotopic (exact) mass is 578 g/mol. The molecule has 4 aromatic rings. The predicted octanol–water partition coefficient (Wildman–Crippen LogP) is 7.60. The van der Waals surface area contributed by atoms with Crippen molar-refractivity contribution in [1.82, 2.24) is 9.71 Å². The fraction of sp³-hybridized carbons (Fsp3) is 0.321. The van der Waals surface area contributed by atoms with E-state index >= 15 is 0 Å². The number of thiophene rings is 1. The zero-order valence-electron chi connectivity index (χ0n) is 21.6. The fourth-order valence-corrected chi connectivity index (χ4v) is 6.72. The van der Waals surface area contributed by atoms with Crippen molar-refractivity contribution >= 4 is 44.2 Å². The molecule has 4 nitrogen and oxygen atoms in total. The summed E-state index contributed by atoms with van der Waals surface area (Å²) < 4.78 is 57.4.